The molecule has 1 saturated heterocycles. The van der Waals surface area contributed by atoms with Gasteiger partial charge in [-0.2, -0.15) is 13.2 Å². The second-order valence-electron chi connectivity index (χ2n) is 7.47. The number of carbonyl (C=O) groups is 2. The van der Waals surface area contributed by atoms with E-state index in [2.05, 4.69) is 5.32 Å². The van der Waals surface area contributed by atoms with Gasteiger partial charge in [0, 0.05) is 6.54 Å². The van der Waals surface area contributed by atoms with Crippen LogP contribution in [0, 0.1) is 0 Å². The fraction of sp³-hybridized carbons (Fsp3) is 0.364. The molecule has 2 aromatic rings. The number of hydrogen-bond donors (Lipinski definition) is 1. The van der Waals surface area contributed by atoms with Crippen LogP contribution in [-0.2, 0) is 17.5 Å². The first-order valence-corrected chi connectivity index (χ1v) is 9.67. The summed E-state index contributed by atoms with van der Waals surface area (Å²) in [6.07, 6.45) is -2.99. The van der Waals surface area contributed by atoms with Crippen molar-refractivity contribution in [2.45, 2.75) is 44.6 Å². The van der Waals surface area contributed by atoms with E-state index in [9.17, 15) is 27.9 Å². The first-order valence-electron chi connectivity index (χ1n) is 9.67. The molecule has 5 nitrogen and oxygen atoms in total. The summed E-state index contributed by atoms with van der Waals surface area (Å²) in [6, 6.07) is 10.5. The van der Waals surface area contributed by atoms with Gasteiger partial charge in [0.05, 0.1) is 23.6 Å². The molecule has 2 aromatic carbocycles. The van der Waals surface area contributed by atoms with Crippen molar-refractivity contribution < 1.29 is 27.9 Å². The van der Waals surface area contributed by atoms with Crippen LogP contribution in [0.5, 0.6) is 0 Å². The Labute approximate surface area is 172 Å². The van der Waals surface area contributed by atoms with E-state index in [0.29, 0.717) is 18.5 Å². The third-order valence-electron chi connectivity index (χ3n) is 5.31. The number of nitrogens with one attached hydrogen (secondary N) is 1. The maximum Gasteiger partial charge on any atom is 0.416 e. The largest absolute Gasteiger partial charge is 0.545 e. The number of likely N-dealkylation sites (tertiary alicyclic amines) is 1. The molecule has 1 fully saturated rings. The summed E-state index contributed by atoms with van der Waals surface area (Å²) in [5, 5.41) is 13.8. The predicted molar refractivity (Wildman–Crippen MR) is 102 cm³/mol. The average Bonchev–Trinajstić information content (AvgIpc) is 3.15. The molecule has 0 unspecified atom stereocenters. The van der Waals surface area contributed by atoms with Gasteiger partial charge in [0.1, 0.15) is 0 Å². The lowest BCUT2D eigenvalue weighted by Crippen LogP contribution is -2.43. The summed E-state index contributed by atoms with van der Waals surface area (Å²) in [7, 11) is 0. The molecular weight excluding hydrogens is 397 g/mol. The molecule has 0 aliphatic carbocycles. The molecule has 1 amide bonds. The Morgan fingerprint density at radius 2 is 1.90 bits per heavy atom. The van der Waals surface area contributed by atoms with Gasteiger partial charge in [-0.1, -0.05) is 42.5 Å². The first kappa shape index (κ1) is 21.8. The zero-order valence-electron chi connectivity index (χ0n) is 16.4. The number of carboxylic acid groups (broad SMARTS) is 1. The lowest BCUT2D eigenvalue weighted by Gasteiger charge is -2.26. The highest BCUT2D eigenvalue weighted by Gasteiger charge is 2.33. The first-order chi connectivity index (χ1) is 14.1. The zero-order valence-corrected chi connectivity index (χ0v) is 16.4. The van der Waals surface area contributed by atoms with Crippen molar-refractivity contribution in [3.05, 3.63) is 70.8 Å². The van der Waals surface area contributed by atoms with Gasteiger partial charge in [-0.05, 0) is 49.1 Å². The zero-order chi connectivity index (χ0) is 21.9. The molecule has 1 N–H and O–H groups in total. The lowest BCUT2D eigenvalue weighted by molar-refractivity contribution is -0.255. The van der Waals surface area contributed by atoms with Crippen LogP contribution in [0.25, 0.3) is 0 Å². The van der Waals surface area contributed by atoms with Crippen molar-refractivity contribution in [3.8, 4) is 0 Å². The Hall–Kier alpha value is -2.87. The number of amides is 1. The highest BCUT2D eigenvalue weighted by molar-refractivity contribution is 5.86. The number of aromatic carboxylic acids is 1. The topological polar surface area (TPSA) is 72.5 Å². The molecule has 0 saturated carbocycles. The average molecular weight is 419 g/mol. The van der Waals surface area contributed by atoms with Crippen molar-refractivity contribution >= 4 is 11.9 Å². The van der Waals surface area contributed by atoms with Crippen LogP contribution in [0.2, 0.25) is 0 Å². The van der Waals surface area contributed by atoms with Crippen LogP contribution in [-0.4, -0.2) is 29.4 Å². The summed E-state index contributed by atoms with van der Waals surface area (Å²) in [5.41, 5.74) is 0.611. The Balaban J connectivity index is 1.65. The number of benzene rings is 2. The second kappa shape index (κ2) is 8.87. The molecule has 8 heteroatoms. The number of carboxylic acids is 1. The summed E-state index contributed by atoms with van der Waals surface area (Å²) in [5.74, 6) is -1.47. The van der Waals surface area contributed by atoms with Crippen LogP contribution >= 0.6 is 0 Å². The maximum absolute atomic E-state index is 12.9. The van der Waals surface area contributed by atoms with E-state index < -0.39 is 23.8 Å². The second-order valence-corrected chi connectivity index (χ2v) is 7.47. The molecule has 160 valence electrons. The van der Waals surface area contributed by atoms with Gasteiger partial charge in [-0.15, -0.1) is 0 Å². The Kier molecular flexibility index (Phi) is 6.45. The summed E-state index contributed by atoms with van der Waals surface area (Å²) in [4.78, 5) is 25.5. The van der Waals surface area contributed by atoms with E-state index in [1.165, 1.54) is 18.2 Å². The molecule has 0 aromatic heterocycles. The highest BCUT2D eigenvalue weighted by atomic mass is 19.4. The van der Waals surface area contributed by atoms with Crippen molar-refractivity contribution in [1.29, 1.82) is 0 Å². The Morgan fingerprint density at radius 1 is 1.20 bits per heavy atom. The van der Waals surface area contributed by atoms with Crippen molar-refractivity contribution in [1.82, 2.24) is 10.2 Å². The third-order valence-corrected chi connectivity index (χ3v) is 5.31. The maximum atomic E-state index is 12.9. The number of rotatable bonds is 6. The highest BCUT2D eigenvalue weighted by Crippen LogP contribution is 2.30. The quantitative estimate of drug-likeness (QED) is 0.782. The van der Waals surface area contributed by atoms with Gasteiger partial charge in [0.15, 0.2) is 0 Å². The Morgan fingerprint density at radius 3 is 2.53 bits per heavy atom. The minimum atomic E-state index is -4.40. The molecular formula is C22H22F3N2O3-. The smallest absolute Gasteiger partial charge is 0.416 e. The number of hydrogen-bond acceptors (Lipinski definition) is 4. The van der Waals surface area contributed by atoms with E-state index in [1.807, 2.05) is 4.90 Å². The standard InChI is InChI=1S/C22H23F3N2O3/c1-14(16-7-9-17(10-8-16)21(29)30)26-20(28)19-6-3-11-27(19)13-15-4-2-5-18(12-15)22(23,24)25/h2,4-5,7-10,12,14,19H,3,6,11,13H2,1H3,(H,26,28)(H,29,30)/p-1/t14-,19+/m0/s1. The van der Waals surface area contributed by atoms with Crippen LogP contribution in [0.3, 0.4) is 0 Å². The van der Waals surface area contributed by atoms with Gasteiger partial charge in [0.25, 0.3) is 0 Å². The number of halogens is 3. The van der Waals surface area contributed by atoms with Crippen molar-refractivity contribution in [3.63, 3.8) is 0 Å². The van der Waals surface area contributed by atoms with Gasteiger partial charge in [-0.25, -0.2) is 0 Å². The van der Waals surface area contributed by atoms with Gasteiger partial charge in [-0.3, -0.25) is 9.69 Å². The molecule has 0 spiro atoms. The number of nitrogens with zero attached hydrogens (tertiary/aromatic N) is 1. The molecule has 30 heavy (non-hydrogen) atoms. The molecule has 1 aliphatic rings. The van der Waals surface area contributed by atoms with Crippen molar-refractivity contribution in [2.24, 2.45) is 0 Å². The van der Waals surface area contributed by atoms with Crippen LogP contribution in [0.4, 0.5) is 13.2 Å². The van der Waals surface area contributed by atoms with E-state index in [-0.39, 0.29) is 24.1 Å². The van der Waals surface area contributed by atoms with E-state index in [4.69, 9.17) is 0 Å². The molecule has 2 atom stereocenters. The summed E-state index contributed by atoms with van der Waals surface area (Å²) < 4.78 is 38.8. The van der Waals surface area contributed by atoms with Crippen LogP contribution in [0.15, 0.2) is 48.5 Å². The lowest BCUT2D eigenvalue weighted by atomic mass is 10.1. The predicted octanol–water partition coefficient (Wildman–Crippen LogP) is 2.91. The number of alkyl halides is 3. The van der Waals surface area contributed by atoms with Gasteiger partial charge in [0.2, 0.25) is 5.91 Å². The van der Waals surface area contributed by atoms with E-state index in [0.717, 1.165) is 24.1 Å². The SMILES string of the molecule is C[C@H](NC(=O)[C@H]1CCCN1Cc1cccc(C(F)(F)F)c1)c1ccc(C(=O)[O-])cc1. The molecule has 0 bridgehead atoms. The van der Waals surface area contributed by atoms with Gasteiger partial charge >= 0.3 is 6.18 Å². The van der Waals surface area contributed by atoms with E-state index in [1.54, 1.807) is 25.1 Å². The molecule has 1 heterocycles. The summed E-state index contributed by atoms with van der Waals surface area (Å²) in [6.45, 7) is 2.68. The minimum absolute atomic E-state index is 0.0559. The molecule has 1 aliphatic heterocycles. The Bertz CT molecular complexity index is 913. The fourth-order valence-corrected chi connectivity index (χ4v) is 3.69. The van der Waals surface area contributed by atoms with E-state index >= 15 is 0 Å². The summed E-state index contributed by atoms with van der Waals surface area (Å²) >= 11 is 0. The molecule has 3 rings (SSSR count). The third kappa shape index (κ3) is 5.18. The monoisotopic (exact) mass is 419 g/mol. The van der Waals surface area contributed by atoms with Crippen molar-refractivity contribution in [2.75, 3.05) is 6.54 Å². The normalized spacial score (nSPS) is 18.2. The fourth-order valence-electron chi connectivity index (χ4n) is 3.69. The molecule has 0 radical (unpaired) electrons. The van der Waals surface area contributed by atoms with Crippen LogP contribution < -0.4 is 10.4 Å². The minimum Gasteiger partial charge on any atom is -0.545 e. The van der Waals surface area contributed by atoms with Crippen LogP contribution in [0.1, 0.15) is 52.9 Å². The van der Waals surface area contributed by atoms with Gasteiger partial charge < -0.3 is 15.2 Å². The number of carbonyl (C=O) groups excluding carboxylic acids is 2.